The lowest BCUT2D eigenvalue weighted by Gasteiger charge is -2.06. The van der Waals surface area contributed by atoms with Gasteiger partial charge in [-0.15, -0.1) is 0 Å². The predicted octanol–water partition coefficient (Wildman–Crippen LogP) is 3.18. The number of carbonyl (C=O) groups excluding carboxylic acids is 1. The molecule has 0 aliphatic heterocycles. The molecule has 0 fully saturated rings. The molecular weight excluding hydrogens is 296 g/mol. The lowest BCUT2D eigenvalue weighted by molar-refractivity contribution is 0.0594. The maximum Gasteiger partial charge on any atom is 0.354 e. The second-order valence-corrected chi connectivity index (χ2v) is 4.58. The Labute approximate surface area is 113 Å². The van der Waals surface area contributed by atoms with Crippen LogP contribution >= 0.6 is 15.9 Å². The van der Waals surface area contributed by atoms with Gasteiger partial charge in [0.25, 0.3) is 0 Å². The van der Waals surface area contributed by atoms with Gasteiger partial charge in [-0.2, -0.15) is 0 Å². The van der Waals surface area contributed by atoms with Gasteiger partial charge in [-0.1, -0.05) is 12.1 Å². The zero-order chi connectivity index (χ0) is 13.0. The molecule has 0 saturated carbocycles. The zero-order valence-electron chi connectivity index (χ0n) is 9.87. The standard InChI is InChI=1S/C13H13BrN2O2/c1-18-13(17)12-7-6-9(16-12)8-15-11-5-3-2-4-10(11)14/h2-7,15-16H,8H2,1H3. The molecule has 2 N–H and O–H groups in total. The van der Waals surface area contributed by atoms with Crippen molar-refractivity contribution < 1.29 is 9.53 Å². The first-order valence-electron chi connectivity index (χ1n) is 5.45. The van der Waals surface area contributed by atoms with Gasteiger partial charge in [-0.25, -0.2) is 4.79 Å². The van der Waals surface area contributed by atoms with Crippen LogP contribution in [0.4, 0.5) is 5.69 Å². The highest BCUT2D eigenvalue weighted by atomic mass is 79.9. The molecule has 0 aliphatic rings. The number of methoxy groups -OCH3 is 1. The molecule has 0 bridgehead atoms. The van der Waals surface area contributed by atoms with E-state index in [1.54, 1.807) is 6.07 Å². The average Bonchev–Trinajstić information content (AvgIpc) is 2.86. The second-order valence-electron chi connectivity index (χ2n) is 3.72. The Morgan fingerprint density at radius 2 is 2.11 bits per heavy atom. The van der Waals surface area contributed by atoms with Crippen molar-refractivity contribution >= 4 is 27.6 Å². The number of nitrogens with one attached hydrogen (secondary N) is 2. The average molecular weight is 309 g/mol. The van der Waals surface area contributed by atoms with E-state index in [0.29, 0.717) is 12.2 Å². The fourth-order valence-electron chi connectivity index (χ4n) is 1.57. The number of benzene rings is 1. The van der Waals surface area contributed by atoms with Crippen molar-refractivity contribution in [2.75, 3.05) is 12.4 Å². The monoisotopic (exact) mass is 308 g/mol. The van der Waals surface area contributed by atoms with Gasteiger partial charge in [0.1, 0.15) is 5.69 Å². The van der Waals surface area contributed by atoms with Crippen molar-refractivity contribution in [2.24, 2.45) is 0 Å². The smallest absolute Gasteiger partial charge is 0.354 e. The third-order valence-corrected chi connectivity index (χ3v) is 3.19. The predicted molar refractivity (Wildman–Crippen MR) is 73.6 cm³/mol. The topological polar surface area (TPSA) is 54.1 Å². The van der Waals surface area contributed by atoms with E-state index in [2.05, 4.69) is 31.0 Å². The SMILES string of the molecule is COC(=O)c1ccc(CNc2ccccc2Br)[nH]1. The summed E-state index contributed by atoms with van der Waals surface area (Å²) in [6, 6.07) is 11.4. The number of anilines is 1. The zero-order valence-corrected chi connectivity index (χ0v) is 11.5. The molecule has 1 heterocycles. The Hall–Kier alpha value is -1.75. The fourth-order valence-corrected chi connectivity index (χ4v) is 1.99. The van der Waals surface area contributed by atoms with Gasteiger partial charge in [0.05, 0.1) is 13.7 Å². The summed E-state index contributed by atoms with van der Waals surface area (Å²) in [7, 11) is 1.36. The van der Waals surface area contributed by atoms with Crippen LogP contribution in [-0.2, 0) is 11.3 Å². The van der Waals surface area contributed by atoms with Crippen LogP contribution in [0.25, 0.3) is 0 Å². The van der Waals surface area contributed by atoms with Crippen molar-refractivity contribution in [3.05, 3.63) is 52.3 Å². The summed E-state index contributed by atoms with van der Waals surface area (Å²) in [5.41, 5.74) is 2.39. The summed E-state index contributed by atoms with van der Waals surface area (Å²) in [6.45, 7) is 0.611. The minimum absolute atomic E-state index is 0.359. The number of H-pyrrole nitrogens is 1. The highest BCUT2D eigenvalue weighted by molar-refractivity contribution is 9.10. The van der Waals surface area contributed by atoms with Gasteiger partial charge in [-0.05, 0) is 40.2 Å². The molecule has 0 amide bonds. The van der Waals surface area contributed by atoms with Gasteiger partial charge >= 0.3 is 5.97 Å². The third kappa shape index (κ3) is 2.92. The molecular formula is C13H13BrN2O2. The van der Waals surface area contributed by atoms with Gasteiger partial charge in [-0.3, -0.25) is 0 Å². The molecule has 2 rings (SSSR count). The van der Waals surface area contributed by atoms with Crippen LogP contribution in [0, 0.1) is 0 Å². The Kier molecular flexibility index (Phi) is 4.04. The van der Waals surface area contributed by atoms with E-state index in [1.807, 2.05) is 30.3 Å². The quantitative estimate of drug-likeness (QED) is 0.853. The van der Waals surface area contributed by atoms with Gasteiger partial charge in [0.15, 0.2) is 0 Å². The summed E-state index contributed by atoms with van der Waals surface area (Å²) in [5, 5.41) is 3.27. The number of para-hydroxylation sites is 1. The summed E-state index contributed by atoms with van der Waals surface area (Å²) in [5.74, 6) is -0.359. The third-order valence-electron chi connectivity index (χ3n) is 2.49. The van der Waals surface area contributed by atoms with Crippen LogP contribution < -0.4 is 5.32 Å². The van der Waals surface area contributed by atoms with Crippen molar-refractivity contribution in [1.29, 1.82) is 0 Å². The molecule has 2 aromatic rings. The molecule has 0 atom stereocenters. The first kappa shape index (κ1) is 12.7. The van der Waals surface area contributed by atoms with Crippen LogP contribution in [0.1, 0.15) is 16.2 Å². The summed E-state index contributed by atoms with van der Waals surface area (Å²) < 4.78 is 5.64. The first-order chi connectivity index (χ1) is 8.70. The number of carbonyl (C=O) groups is 1. The number of esters is 1. The van der Waals surface area contributed by atoms with E-state index in [0.717, 1.165) is 15.9 Å². The lowest BCUT2D eigenvalue weighted by Crippen LogP contribution is -2.03. The fraction of sp³-hybridized carbons (Fsp3) is 0.154. The van der Waals surface area contributed by atoms with Crippen LogP contribution in [0.3, 0.4) is 0 Å². The maximum atomic E-state index is 11.3. The number of halogens is 1. The van der Waals surface area contributed by atoms with Crippen LogP contribution in [0.15, 0.2) is 40.9 Å². The maximum absolute atomic E-state index is 11.3. The van der Waals surface area contributed by atoms with Crippen LogP contribution in [-0.4, -0.2) is 18.1 Å². The number of hydrogen-bond donors (Lipinski definition) is 2. The minimum Gasteiger partial charge on any atom is -0.464 e. The number of aromatic nitrogens is 1. The first-order valence-corrected chi connectivity index (χ1v) is 6.24. The Morgan fingerprint density at radius 1 is 1.33 bits per heavy atom. The van der Waals surface area contributed by atoms with Crippen molar-refractivity contribution in [1.82, 2.24) is 4.98 Å². The van der Waals surface area contributed by atoms with Gasteiger partial charge in [0.2, 0.25) is 0 Å². The molecule has 0 saturated heterocycles. The van der Waals surface area contributed by atoms with E-state index in [9.17, 15) is 4.79 Å². The molecule has 1 aromatic heterocycles. The highest BCUT2D eigenvalue weighted by Gasteiger charge is 2.07. The molecule has 0 unspecified atom stereocenters. The van der Waals surface area contributed by atoms with E-state index >= 15 is 0 Å². The van der Waals surface area contributed by atoms with E-state index in [1.165, 1.54) is 7.11 Å². The molecule has 18 heavy (non-hydrogen) atoms. The second kappa shape index (κ2) is 5.73. The Morgan fingerprint density at radius 3 is 2.83 bits per heavy atom. The van der Waals surface area contributed by atoms with E-state index < -0.39 is 0 Å². The van der Waals surface area contributed by atoms with Crippen molar-refractivity contribution in [3.8, 4) is 0 Å². The number of ether oxygens (including phenoxy) is 1. The van der Waals surface area contributed by atoms with Crippen molar-refractivity contribution in [3.63, 3.8) is 0 Å². The van der Waals surface area contributed by atoms with E-state index in [-0.39, 0.29) is 5.97 Å². The largest absolute Gasteiger partial charge is 0.464 e. The molecule has 94 valence electrons. The summed E-state index contributed by atoms with van der Waals surface area (Å²) in [4.78, 5) is 14.3. The Bertz CT molecular complexity index is 551. The minimum atomic E-state index is -0.359. The lowest BCUT2D eigenvalue weighted by atomic mass is 10.3. The van der Waals surface area contributed by atoms with E-state index in [4.69, 9.17) is 0 Å². The summed E-state index contributed by atoms with van der Waals surface area (Å²) in [6.07, 6.45) is 0. The number of aromatic amines is 1. The van der Waals surface area contributed by atoms with Crippen molar-refractivity contribution in [2.45, 2.75) is 6.54 Å². The Balaban J connectivity index is 2.01. The van der Waals surface area contributed by atoms with Crippen LogP contribution in [0.2, 0.25) is 0 Å². The molecule has 5 heteroatoms. The number of hydrogen-bond acceptors (Lipinski definition) is 3. The van der Waals surface area contributed by atoms with Gasteiger partial charge in [0, 0.05) is 15.9 Å². The molecule has 0 spiro atoms. The number of rotatable bonds is 4. The molecule has 4 nitrogen and oxygen atoms in total. The summed E-state index contributed by atoms with van der Waals surface area (Å²) >= 11 is 3.46. The van der Waals surface area contributed by atoms with Gasteiger partial charge < -0.3 is 15.0 Å². The van der Waals surface area contributed by atoms with Crippen LogP contribution in [0.5, 0.6) is 0 Å². The molecule has 1 aromatic carbocycles. The molecule has 0 aliphatic carbocycles. The molecule has 0 radical (unpaired) electrons. The normalized spacial score (nSPS) is 10.1. The highest BCUT2D eigenvalue weighted by Crippen LogP contribution is 2.21.